The minimum absolute atomic E-state index is 0.241. The first-order valence-corrected chi connectivity index (χ1v) is 7.37. The maximum absolute atomic E-state index is 12.5. The fourth-order valence-electron chi connectivity index (χ4n) is 2.17. The van der Waals surface area contributed by atoms with E-state index in [0.717, 1.165) is 5.56 Å². The zero-order chi connectivity index (χ0) is 16.2. The highest BCUT2D eigenvalue weighted by molar-refractivity contribution is 6.30. The molecule has 0 aliphatic heterocycles. The van der Waals surface area contributed by atoms with Crippen LogP contribution in [0, 0.1) is 6.92 Å². The summed E-state index contributed by atoms with van der Waals surface area (Å²) in [7, 11) is 0. The Bertz CT molecular complexity index is 818. The topological polar surface area (TPSA) is 83.6 Å². The predicted molar refractivity (Wildman–Crippen MR) is 86.1 cm³/mol. The van der Waals surface area contributed by atoms with Crippen LogP contribution in [-0.2, 0) is 0 Å². The smallest absolute Gasteiger partial charge is 0.270 e. The zero-order valence-corrected chi connectivity index (χ0v) is 13.1. The maximum Gasteiger partial charge on any atom is 0.270 e. The van der Waals surface area contributed by atoms with Gasteiger partial charge in [-0.15, -0.1) is 0 Å². The van der Waals surface area contributed by atoms with E-state index in [0.29, 0.717) is 16.7 Å². The van der Waals surface area contributed by atoms with Crippen LogP contribution in [0.1, 0.15) is 33.7 Å². The number of pyridine rings is 1. The molecule has 0 bridgehead atoms. The summed E-state index contributed by atoms with van der Waals surface area (Å²) < 4.78 is 0. The van der Waals surface area contributed by atoms with E-state index in [2.05, 4.69) is 25.5 Å². The summed E-state index contributed by atoms with van der Waals surface area (Å²) in [5, 5.41) is 10.3. The number of amides is 1. The van der Waals surface area contributed by atoms with Gasteiger partial charge in [0.1, 0.15) is 17.6 Å². The molecule has 0 saturated carbocycles. The van der Waals surface area contributed by atoms with Crippen LogP contribution in [0.3, 0.4) is 0 Å². The molecule has 1 amide bonds. The summed E-state index contributed by atoms with van der Waals surface area (Å²) in [6.45, 7) is 1.80. The number of rotatable bonds is 4. The van der Waals surface area contributed by atoms with Gasteiger partial charge in [-0.25, -0.2) is 4.98 Å². The summed E-state index contributed by atoms with van der Waals surface area (Å²) in [6, 6.07) is 12.2. The molecule has 23 heavy (non-hydrogen) atoms. The first kappa shape index (κ1) is 15.2. The Morgan fingerprint density at radius 2 is 2.04 bits per heavy atom. The van der Waals surface area contributed by atoms with Gasteiger partial charge >= 0.3 is 0 Å². The Labute approximate surface area is 137 Å². The van der Waals surface area contributed by atoms with Crippen LogP contribution < -0.4 is 5.32 Å². The number of hydrogen-bond acceptors (Lipinski definition) is 4. The summed E-state index contributed by atoms with van der Waals surface area (Å²) >= 11 is 5.91. The Morgan fingerprint density at radius 1 is 1.26 bits per heavy atom. The number of aromatic nitrogens is 4. The summed E-state index contributed by atoms with van der Waals surface area (Å²) in [4.78, 5) is 20.8. The molecule has 2 aromatic heterocycles. The lowest BCUT2D eigenvalue weighted by Gasteiger charge is -2.16. The second kappa shape index (κ2) is 6.58. The first-order chi connectivity index (χ1) is 11.1. The normalized spacial score (nSPS) is 11.9. The minimum atomic E-state index is -0.477. The highest BCUT2D eigenvalue weighted by atomic mass is 35.5. The van der Waals surface area contributed by atoms with Gasteiger partial charge < -0.3 is 5.32 Å². The van der Waals surface area contributed by atoms with Crippen molar-refractivity contribution in [2.45, 2.75) is 13.0 Å². The van der Waals surface area contributed by atoms with Gasteiger partial charge in [0.15, 0.2) is 5.82 Å². The molecular formula is C16H14ClN5O. The van der Waals surface area contributed by atoms with Crippen LogP contribution >= 0.6 is 11.6 Å². The van der Waals surface area contributed by atoms with Crippen molar-refractivity contribution in [3.63, 3.8) is 0 Å². The number of hydrogen-bond donors (Lipinski definition) is 2. The predicted octanol–water partition coefficient (Wildman–Crippen LogP) is 2.68. The van der Waals surface area contributed by atoms with Gasteiger partial charge in [-0.3, -0.25) is 14.9 Å². The molecule has 1 unspecified atom stereocenters. The van der Waals surface area contributed by atoms with Crippen LogP contribution in [0.2, 0.25) is 5.02 Å². The quantitative estimate of drug-likeness (QED) is 0.771. The zero-order valence-electron chi connectivity index (χ0n) is 12.3. The van der Waals surface area contributed by atoms with E-state index < -0.39 is 6.04 Å². The molecule has 6 nitrogen and oxygen atoms in total. The van der Waals surface area contributed by atoms with E-state index >= 15 is 0 Å². The van der Waals surface area contributed by atoms with Gasteiger partial charge in [-0.05, 0) is 24.6 Å². The molecule has 0 saturated heterocycles. The van der Waals surface area contributed by atoms with Crippen LogP contribution in [-0.4, -0.2) is 26.1 Å². The third-order valence-electron chi connectivity index (χ3n) is 3.24. The van der Waals surface area contributed by atoms with Gasteiger partial charge in [0.2, 0.25) is 0 Å². The fourth-order valence-corrected chi connectivity index (χ4v) is 2.33. The molecule has 0 spiro atoms. The van der Waals surface area contributed by atoms with E-state index in [9.17, 15) is 4.79 Å². The Kier molecular flexibility index (Phi) is 4.34. The number of carbonyl (C=O) groups is 1. The van der Waals surface area contributed by atoms with E-state index in [1.54, 1.807) is 13.0 Å². The fraction of sp³-hybridized carbons (Fsp3) is 0.125. The van der Waals surface area contributed by atoms with Crippen molar-refractivity contribution >= 4 is 17.5 Å². The van der Waals surface area contributed by atoms with Crippen molar-refractivity contribution in [3.05, 3.63) is 76.6 Å². The number of nitrogens with zero attached hydrogens (tertiary/aromatic N) is 3. The largest absolute Gasteiger partial charge is 0.337 e. The van der Waals surface area contributed by atoms with Crippen molar-refractivity contribution in [2.24, 2.45) is 0 Å². The maximum atomic E-state index is 12.5. The highest BCUT2D eigenvalue weighted by Gasteiger charge is 2.22. The van der Waals surface area contributed by atoms with E-state index in [-0.39, 0.29) is 11.6 Å². The van der Waals surface area contributed by atoms with E-state index in [1.165, 1.54) is 12.3 Å². The number of nitrogens with one attached hydrogen (secondary N) is 2. The van der Waals surface area contributed by atoms with E-state index in [1.807, 2.05) is 30.3 Å². The lowest BCUT2D eigenvalue weighted by atomic mass is 10.1. The summed E-state index contributed by atoms with van der Waals surface area (Å²) in [6.07, 6.45) is 1.49. The molecule has 7 heteroatoms. The summed E-state index contributed by atoms with van der Waals surface area (Å²) in [5.74, 6) is 0.823. The average molecular weight is 328 g/mol. The van der Waals surface area contributed by atoms with Gasteiger partial charge in [0.05, 0.1) is 0 Å². The SMILES string of the molecule is Cc1nc(C(NC(=O)c2cc(Cl)ccn2)c2ccccc2)n[nH]1. The summed E-state index contributed by atoms with van der Waals surface area (Å²) in [5.41, 5.74) is 1.12. The number of aryl methyl sites for hydroxylation is 1. The molecule has 2 heterocycles. The van der Waals surface area contributed by atoms with Gasteiger partial charge in [-0.1, -0.05) is 41.9 Å². The lowest BCUT2D eigenvalue weighted by Crippen LogP contribution is -2.30. The van der Waals surface area contributed by atoms with Crippen molar-refractivity contribution < 1.29 is 4.79 Å². The van der Waals surface area contributed by atoms with E-state index in [4.69, 9.17) is 11.6 Å². The van der Waals surface area contributed by atoms with Crippen molar-refractivity contribution in [2.75, 3.05) is 0 Å². The standard InChI is InChI=1S/C16H14ClN5O/c1-10-19-15(22-21-10)14(11-5-3-2-4-6-11)20-16(23)13-9-12(17)7-8-18-13/h2-9,14H,1H3,(H,20,23)(H,19,21,22). The number of H-pyrrole nitrogens is 1. The number of aromatic amines is 1. The number of benzene rings is 1. The van der Waals surface area contributed by atoms with Crippen molar-refractivity contribution in [1.82, 2.24) is 25.5 Å². The molecule has 0 radical (unpaired) electrons. The third kappa shape index (κ3) is 3.54. The van der Waals surface area contributed by atoms with Crippen molar-refractivity contribution in [3.8, 4) is 0 Å². The number of halogens is 1. The highest BCUT2D eigenvalue weighted by Crippen LogP contribution is 2.19. The monoisotopic (exact) mass is 327 g/mol. The van der Waals surface area contributed by atoms with Crippen molar-refractivity contribution in [1.29, 1.82) is 0 Å². The Hall–Kier alpha value is -2.73. The molecule has 3 rings (SSSR count). The molecule has 0 fully saturated rings. The Balaban J connectivity index is 1.92. The van der Waals surface area contributed by atoms with Gasteiger partial charge in [0.25, 0.3) is 5.91 Å². The molecule has 1 aromatic carbocycles. The number of carbonyl (C=O) groups excluding carboxylic acids is 1. The van der Waals surface area contributed by atoms with Crippen LogP contribution in [0.25, 0.3) is 0 Å². The second-order valence-corrected chi connectivity index (χ2v) is 5.39. The average Bonchev–Trinajstić information content (AvgIpc) is 2.99. The molecule has 2 N–H and O–H groups in total. The second-order valence-electron chi connectivity index (χ2n) is 4.96. The van der Waals surface area contributed by atoms with Crippen LogP contribution in [0.15, 0.2) is 48.7 Å². The molecule has 116 valence electrons. The molecular weight excluding hydrogens is 314 g/mol. The molecule has 3 aromatic rings. The lowest BCUT2D eigenvalue weighted by molar-refractivity contribution is 0.0936. The van der Waals surface area contributed by atoms with Crippen LogP contribution in [0.5, 0.6) is 0 Å². The van der Waals surface area contributed by atoms with Crippen LogP contribution in [0.4, 0.5) is 0 Å². The molecule has 0 aliphatic rings. The molecule has 1 atom stereocenters. The van der Waals surface area contributed by atoms with Gasteiger partial charge in [0, 0.05) is 11.2 Å². The minimum Gasteiger partial charge on any atom is -0.337 e. The van der Waals surface area contributed by atoms with Gasteiger partial charge in [-0.2, -0.15) is 5.10 Å². The third-order valence-corrected chi connectivity index (χ3v) is 3.47. The molecule has 0 aliphatic carbocycles. The Morgan fingerprint density at radius 3 is 2.70 bits per heavy atom. The first-order valence-electron chi connectivity index (χ1n) is 7.00.